The lowest BCUT2D eigenvalue weighted by atomic mass is 9.76. The summed E-state index contributed by atoms with van der Waals surface area (Å²) in [5.41, 5.74) is -0.661. The van der Waals surface area contributed by atoms with Gasteiger partial charge in [0, 0.05) is 40.4 Å². The number of likely N-dealkylation sites (N-methyl/N-ethyl adjacent to an activating group) is 1. The molecule has 2 amide bonds. The number of nitrogens with zero attached hydrogens (tertiary/aromatic N) is 2. The van der Waals surface area contributed by atoms with Gasteiger partial charge in [0.2, 0.25) is 21.8 Å². The smallest absolute Gasteiger partial charge is 0.243 e. The van der Waals surface area contributed by atoms with Crippen LogP contribution in [-0.4, -0.2) is 75.9 Å². The first-order chi connectivity index (χ1) is 13.8. The molecule has 0 aromatic heterocycles. The molecule has 1 spiro atoms. The van der Waals surface area contributed by atoms with Crippen molar-refractivity contribution in [3.63, 3.8) is 0 Å². The van der Waals surface area contributed by atoms with Crippen LogP contribution in [0.1, 0.15) is 25.7 Å². The highest BCUT2D eigenvalue weighted by atomic mass is 32.2. The maximum atomic E-state index is 13.0. The molecule has 1 aromatic carbocycles. The van der Waals surface area contributed by atoms with Gasteiger partial charge >= 0.3 is 0 Å². The number of amides is 2. The van der Waals surface area contributed by atoms with Crippen LogP contribution in [0.4, 0.5) is 0 Å². The summed E-state index contributed by atoms with van der Waals surface area (Å²) < 4.78 is 32.1. The van der Waals surface area contributed by atoms with Gasteiger partial charge in [0.25, 0.3) is 0 Å². The van der Waals surface area contributed by atoms with Gasteiger partial charge in [-0.1, -0.05) is 18.2 Å². The van der Waals surface area contributed by atoms with Crippen molar-refractivity contribution in [2.24, 2.45) is 5.41 Å². The van der Waals surface area contributed by atoms with Crippen molar-refractivity contribution < 1.29 is 22.7 Å². The lowest BCUT2D eigenvalue weighted by Crippen LogP contribution is -2.46. The van der Waals surface area contributed by atoms with Crippen molar-refractivity contribution in [3.8, 4) is 0 Å². The van der Waals surface area contributed by atoms with Crippen molar-refractivity contribution in [3.05, 3.63) is 30.3 Å². The Labute approximate surface area is 172 Å². The molecule has 3 rings (SSSR count). The number of carbonyl (C=O) groups is 2. The zero-order valence-corrected chi connectivity index (χ0v) is 17.8. The first-order valence-electron chi connectivity index (χ1n) is 9.91. The van der Waals surface area contributed by atoms with Crippen LogP contribution >= 0.6 is 0 Å². The van der Waals surface area contributed by atoms with E-state index >= 15 is 0 Å². The van der Waals surface area contributed by atoms with Gasteiger partial charge in [-0.15, -0.1) is 0 Å². The summed E-state index contributed by atoms with van der Waals surface area (Å²) in [4.78, 5) is 27.3. The van der Waals surface area contributed by atoms with E-state index in [0.29, 0.717) is 38.8 Å². The molecule has 29 heavy (non-hydrogen) atoms. The van der Waals surface area contributed by atoms with Gasteiger partial charge in [-0.25, -0.2) is 8.42 Å². The van der Waals surface area contributed by atoms with E-state index in [1.165, 1.54) is 9.21 Å². The van der Waals surface area contributed by atoms with Crippen LogP contribution in [0.3, 0.4) is 0 Å². The molecule has 9 heteroatoms. The van der Waals surface area contributed by atoms with Crippen LogP contribution in [0, 0.1) is 5.41 Å². The second kappa shape index (κ2) is 8.81. The molecule has 0 aliphatic carbocycles. The summed E-state index contributed by atoms with van der Waals surface area (Å²) in [6, 6.07) is 7.82. The van der Waals surface area contributed by atoms with Crippen molar-refractivity contribution in [1.29, 1.82) is 0 Å². The largest absolute Gasteiger partial charge is 0.385 e. The topological polar surface area (TPSA) is 96.0 Å². The maximum Gasteiger partial charge on any atom is 0.243 e. The van der Waals surface area contributed by atoms with Crippen molar-refractivity contribution >= 4 is 21.8 Å². The fourth-order valence-electron chi connectivity index (χ4n) is 4.24. The number of rotatable bonds is 7. The molecular weight excluding hydrogens is 394 g/mol. The van der Waals surface area contributed by atoms with Crippen molar-refractivity contribution in [1.82, 2.24) is 14.5 Å². The molecule has 0 bridgehead atoms. The van der Waals surface area contributed by atoms with Crippen LogP contribution < -0.4 is 5.32 Å². The highest BCUT2D eigenvalue weighted by Gasteiger charge is 2.54. The molecule has 2 fully saturated rings. The minimum absolute atomic E-state index is 0.0636. The molecule has 1 aromatic rings. The normalized spacial score (nSPS) is 22.2. The Hall–Kier alpha value is -1.97. The van der Waals surface area contributed by atoms with Crippen molar-refractivity contribution in [2.45, 2.75) is 36.6 Å². The summed E-state index contributed by atoms with van der Waals surface area (Å²) in [5, 5.41) is 2.87. The standard InChI is InChI=1S/C20H29N3O5S/c1-22-17(18(24)21-11-6-14-28-2)15-20(19(22)25)9-12-23(13-10-20)29(26,27)16-7-4-3-5-8-16/h3-5,7-8,17H,6,9-15H2,1-2H3,(H,21,24). The average molecular weight is 424 g/mol. The summed E-state index contributed by atoms with van der Waals surface area (Å²) in [6.45, 7) is 1.62. The van der Waals surface area contributed by atoms with Crippen LogP contribution in [0.15, 0.2) is 35.2 Å². The highest BCUT2D eigenvalue weighted by Crippen LogP contribution is 2.44. The summed E-state index contributed by atoms with van der Waals surface area (Å²) in [7, 11) is -0.303. The van der Waals surface area contributed by atoms with Crippen LogP contribution in [0.5, 0.6) is 0 Å². The molecule has 2 aliphatic heterocycles. The van der Waals surface area contributed by atoms with Crippen molar-refractivity contribution in [2.75, 3.05) is 40.4 Å². The van der Waals surface area contributed by atoms with Crippen LogP contribution in [0.2, 0.25) is 0 Å². The molecule has 8 nitrogen and oxygen atoms in total. The first-order valence-corrected chi connectivity index (χ1v) is 11.3. The van der Waals surface area contributed by atoms with Gasteiger partial charge in [0.15, 0.2) is 0 Å². The van der Waals surface area contributed by atoms with E-state index in [9.17, 15) is 18.0 Å². The Balaban J connectivity index is 1.64. The number of benzene rings is 1. The third-order valence-electron chi connectivity index (χ3n) is 6.01. The molecule has 2 heterocycles. The van der Waals surface area contributed by atoms with E-state index in [0.717, 1.165) is 0 Å². The quantitative estimate of drug-likeness (QED) is 0.656. The number of likely N-dealkylation sites (tertiary alicyclic amines) is 1. The predicted molar refractivity (Wildman–Crippen MR) is 108 cm³/mol. The lowest BCUT2D eigenvalue weighted by Gasteiger charge is -2.37. The third kappa shape index (κ3) is 4.31. The Morgan fingerprint density at radius 2 is 1.90 bits per heavy atom. The summed E-state index contributed by atoms with van der Waals surface area (Å²) in [5.74, 6) is -0.223. The third-order valence-corrected chi connectivity index (χ3v) is 7.93. The minimum atomic E-state index is -3.57. The van der Waals surface area contributed by atoms with E-state index in [1.54, 1.807) is 44.5 Å². The second-order valence-electron chi connectivity index (χ2n) is 7.77. The van der Waals surface area contributed by atoms with Gasteiger partial charge in [-0.05, 0) is 37.8 Å². The molecule has 1 N–H and O–H groups in total. The van der Waals surface area contributed by atoms with E-state index in [2.05, 4.69) is 5.32 Å². The highest BCUT2D eigenvalue weighted by molar-refractivity contribution is 7.89. The minimum Gasteiger partial charge on any atom is -0.385 e. The Morgan fingerprint density at radius 3 is 2.52 bits per heavy atom. The van der Waals surface area contributed by atoms with Gasteiger partial charge in [-0.3, -0.25) is 9.59 Å². The zero-order chi connectivity index (χ0) is 21.1. The summed E-state index contributed by atoms with van der Waals surface area (Å²) in [6.07, 6.45) is 1.99. The fourth-order valence-corrected chi connectivity index (χ4v) is 5.70. The monoisotopic (exact) mass is 423 g/mol. The van der Waals surface area contributed by atoms with Gasteiger partial charge < -0.3 is 15.0 Å². The number of hydrogen-bond donors (Lipinski definition) is 1. The van der Waals surface area contributed by atoms with Crippen LogP contribution in [0.25, 0.3) is 0 Å². The van der Waals surface area contributed by atoms with E-state index < -0.39 is 21.5 Å². The average Bonchev–Trinajstić information content (AvgIpc) is 2.97. The molecule has 2 aliphatic rings. The Bertz CT molecular complexity index is 835. The van der Waals surface area contributed by atoms with Gasteiger partial charge in [-0.2, -0.15) is 4.31 Å². The number of ether oxygens (including phenoxy) is 1. The van der Waals surface area contributed by atoms with E-state index in [-0.39, 0.29) is 29.8 Å². The van der Waals surface area contributed by atoms with Gasteiger partial charge in [0.05, 0.1) is 10.3 Å². The van der Waals surface area contributed by atoms with Gasteiger partial charge in [0.1, 0.15) is 6.04 Å². The molecule has 0 radical (unpaired) electrons. The molecule has 160 valence electrons. The SMILES string of the molecule is COCCCNC(=O)C1CC2(CCN(S(=O)(=O)c3ccccc3)CC2)C(=O)N1C. The Morgan fingerprint density at radius 1 is 1.24 bits per heavy atom. The molecule has 1 atom stereocenters. The zero-order valence-electron chi connectivity index (χ0n) is 17.0. The maximum absolute atomic E-state index is 13.0. The Kier molecular flexibility index (Phi) is 6.60. The number of piperidine rings is 1. The van der Waals surface area contributed by atoms with E-state index in [1.807, 2.05) is 0 Å². The van der Waals surface area contributed by atoms with E-state index in [4.69, 9.17) is 4.74 Å². The number of nitrogens with one attached hydrogen (secondary N) is 1. The number of carbonyl (C=O) groups excluding carboxylic acids is 2. The molecule has 0 saturated carbocycles. The number of sulfonamides is 1. The number of hydrogen-bond acceptors (Lipinski definition) is 5. The first kappa shape index (κ1) is 21.7. The number of methoxy groups -OCH3 is 1. The lowest BCUT2D eigenvalue weighted by molar-refractivity contribution is -0.139. The fraction of sp³-hybridized carbons (Fsp3) is 0.600. The predicted octanol–water partition coefficient (Wildman–Crippen LogP) is 0.841. The van der Waals surface area contributed by atoms with Crippen LogP contribution in [-0.2, 0) is 24.3 Å². The molecule has 2 saturated heterocycles. The molecule has 1 unspecified atom stereocenters. The second-order valence-corrected chi connectivity index (χ2v) is 9.71. The summed E-state index contributed by atoms with van der Waals surface area (Å²) >= 11 is 0. The molecular formula is C20H29N3O5S.